The molecule has 0 aromatic heterocycles. The molecule has 6 nitrogen and oxygen atoms in total. The molecule has 20 heavy (non-hydrogen) atoms. The largest absolute Gasteiger partial charge is 0.379 e. The molecule has 0 aliphatic carbocycles. The van der Waals surface area contributed by atoms with Gasteiger partial charge < -0.3 is 21.5 Å². The molecule has 0 bridgehead atoms. The van der Waals surface area contributed by atoms with Gasteiger partial charge in [-0.3, -0.25) is 9.59 Å². The van der Waals surface area contributed by atoms with E-state index in [0.29, 0.717) is 6.61 Å². The highest BCUT2D eigenvalue weighted by molar-refractivity contribution is 5.98. The van der Waals surface area contributed by atoms with Gasteiger partial charge in [0.2, 0.25) is 11.8 Å². The average Bonchev–Trinajstić information content (AvgIpc) is 2.80. The maximum Gasteiger partial charge on any atom is 0.248 e. The Morgan fingerprint density at radius 2 is 2.10 bits per heavy atom. The predicted molar refractivity (Wildman–Crippen MR) is 70.6 cm³/mol. The van der Waals surface area contributed by atoms with Crippen LogP contribution >= 0.6 is 0 Å². The van der Waals surface area contributed by atoms with E-state index in [0.717, 1.165) is 6.07 Å². The van der Waals surface area contributed by atoms with Crippen molar-refractivity contribution in [3.8, 4) is 0 Å². The van der Waals surface area contributed by atoms with Crippen LogP contribution in [-0.2, 0) is 9.53 Å². The first-order valence-corrected chi connectivity index (χ1v) is 6.14. The third-order valence-corrected chi connectivity index (χ3v) is 3.35. The Kier molecular flexibility index (Phi) is 4.01. The molecule has 0 radical (unpaired) electrons. The minimum atomic E-state index is -0.764. The normalized spacial score (nSPS) is 21.8. The van der Waals surface area contributed by atoms with Crippen LogP contribution in [0.2, 0.25) is 0 Å². The minimum Gasteiger partial charge on any atom is -0.379 e. The van der Waals surface area contributed by atoms with Crippen molar-refractivity contribution in [1.82, 2.24) is 0 Å². The van der Waals surface area contributed by atoms with E-state index in [2.05, 4.69) is 5.32 Å². The Morgan fingerprint density at radius 3 is 2.65 bits per heavy atom. The first-order chi connectivity index (χ1) is 9.40. The van der Waals surface area contributed by atoms with Crippen molar-refractivity contribution in [3.05, 3.63) is 29.1 Å². The number of ether oxygens (including phenoxy) is 1. The Balaban J connectivity index is 2.24. The zero-order chi connectivity index (χ0) is 14.9. The van der Waals surface area contributed by atoms with E-state index in [1.807, 2.05) is 0 Å². The standard InChI is InChI=1S/C13H16FN3O3/c1-6-9(14)2-7(12(16)18)3-11(6)17-13(19)8-4-20-5-10(8)15/h2-3,8,10H,4-5,15H2,1H3,(H2,16,18)(H,17,19). The van der Waals surface area contributed by atoms with Gasteiger partial charge in [-0.2, -0.15) is 0 Å². The Bertz CT molecular complexity index is 562. The van der Waals surface area contributed by atoms with Gasteiger partial charge >= 0.3 is 0 Å². The van der Waals surface area contributed by atoms with Crippen LogP contribution in [0.15, 0.2) is 12.1 Å². The number of rotatable bonds is 3. The maximum atomic E-state index is 13.7. The summed E-state index contributed by atoms with van der Waals surface area (Å²) in [5.41, 5.74) is 11.3. The maximum absolute atomic E-state index is 13.7. The first kappa shape index (κ1) is 14.4. The van der Waals surface area contributed by atoms with Crippen molar-refractivity contribution in [3.63, 3.8) is 0 Å². The van der Waals surface area contributed by atoms with Crippen molar-refractivity contribution < 1.29 is 18.7 Å². The van der Waals surface area contributed by atoms with Crippen molar-refractivity contribution in [2.24, 2.45) is 17.4 Å². The molecule has 1 fully saturated rings. The summed E-state index contributed by atoms with van der Waals surface area (Å²) < 4.78 is 18.8. The lowest BCUT2D eigenvalue weighted by Crippen LogP contribution is -2.37. The zero-order valence-electron chi connectivity index (χ0n) is 11.0. The molecule has 2 amide bonds. The summed E-state index contributed by atoms with van der Waals surface area (Å²) in [7, 11) is 0. The molecular formula is C13H16FN3O3. The highest BCUT2D eigenvalue weighted by Gasteiger charge is 2.31. The molecule has 2 atom stereocenters. The Labute approximate surface area is 115 Å². The third kappa shape index (κ3) is 2.78. The van der Waals surface area contributed by atoms with Gasteiger partial charge in [0.1, 0.15) is 5.82 Å². The fraction of sp³-hybridized carbons (Fsp3) is 0.385. The lowest BCUT2D eigenvalue weighted by atomic mass is 10.0. The fourth-order valence-electron chi connectivity index (χ4n) is 2.02. The summed E-state index contributed by atoms with van der Waals surface area (Å²) in [6.07, 6.45) is 0. The van der Waals surface area contributed by atoms with E-state index in [1.54, 1.807) is 0 Å². The molecular weight excluding hydrogens is 265 g/mol. The summed E-state index contributed by atoms with van der Waals surface area (Å²) in [4.78, 5) is 23.2. The number of nitrogens with two attached hydrogens (primary N) is 2. The van der Waals surface area contributed by atoms with E-state index in [1.165, 1.54) is 13.0 Å². The second kappa shape index (κ2) is 5.56. The van der Waals surface area contributed by atoms with E-state index >= 15 is 0 Å². The van der Waals surface area contributed by atoms with Crippen molar-refractivity contribution in [1.29, 1.82) is 0 Å². The smallest absolute Gasteiger partial charge is 0.248 e. The van der Waals surface area contributed by atoms with Gasteiger partial charge in [-0.15, -0.1) is 0 Å². The SMILES string of the molecule is Cc1c(F)cc(C(N)=O)cc1NC(=O)C1COCC1N. The molecule has 7 heteroatoms. The second-order valence-corrected chi connectivity index (χ2v) is 4.79. The van der Waals surface area contributed by atoms with Gasteiger partial charge in [-0.25, -0.2) is 4.39 Å². The van der Waals surface area contributed by atoms with E-state index < -0.39 is 17.6 Å². The van der Waals surface area contributed by atoms with Crippen LogP contribution in [0, 0.1) is 18.7 Å². The van der Waals surface area contributed by atoms with Gasteiger partial charge in [-0.1, -0.05) is 0 Å². The van der Waals surface area contributed by atoms with Gasteiger partial charge in [0.05, 0.1) is 19.1 Å². The number of carbonyl (C=O) groups excluding carboxylic acids is 2. The highest BCUT2D eigenvalue weighted by Crippen LogP contribution is 2.22. The van der Waals surface area contributed by atoms with Crippen LogP contribution in [-0.4, -0.2) is 31.1 Å². The van der Waals surface area contributed by atoms with Gasteiger partial charge in [0, 0.05) is 22.9 Å². The Hall–Kier alpha value is -1.99. The van der Waals surface area contributed by atoms with Gasteiger partial charge in [-0.05, 0) is 19.1 Å². The predicted octanol–water partition coefficient (Wildman–Crippen LogP) is 0.145. The monoisotopic (exact) mass is 281 g/mol. The summed E-state index contributed by atoms with van der Waals surface area (Å²) in [5, 5.41) is 2.57. The molecule has 1 aromatic rings. The van der Waals surface area contributed by atoms with E-state index in [4.69, 9.17) is 16.2 Å². The number of hydrogen-bond acceptors (Lipinski definition) is 4. The molecule has 0 saturated carbocycles. The molecule has 2 rings (SSSR count). The number of halogens is 1. The zero-order valence-corrected chi connectivity index (χ0v) is 11.0. The molecule has 1 saturated heterocycles. The van der Waals surface area contributed by atoms with Crippen LogP contribution in [0.4, 0.5) is 10.1 Å². The van der Waals surface area contributed by atoms with Crippen LogP contribution < -0.4 is 16.8 Å². The number of benzene rings is 1. The van der Waals surface area contributed by atoms with Crippen LogP contribution in [0.5, 0.6) is 0 Å². The van der Waals surface area contributed by atoms with Crippen molar-refractivity contribution in [2.75, 3.05) is 18.5 Å². The molecule has 1 aromatic carbocycles. The van der Waals surface area contributed by atoms with E-state index in [-0.39, 0.29) is 35.4 Å². The first-order valence-electron chi connectivity index (χ1n) is 6.14. The van der Waals surface area contributed by atoms with Gasteiger partial charge in [0.15, 0.2) is 0 Å². The lowest BCUT2D eigenvalue weighted by Gasteiger charge is -2.15. The summed E-state index contributed by atoms with van der Waals surface area (Å²) in [6.45, 7) is 2.04. The number of amides is 2. The molecule has 1 aliphatic rings. The molecule has 1 aliphatic heterocycles. The van der Waals surface area contributed by atoms with Crippen LogP contribution in [0.25, 0.3) is 0 Å². The number of nitrogens with one attached hydrogen (secondary N) is 1. The van der Waals surface area contributed by atoms with Gasteiger partial charge in [0.25, 0.3) is 0 Å². The lowest BCUT2D eigenvalue weighted by molar-refractivity contribution is -0.120. The van der Waals surface area contributed by atoms with Crippen molar-refractivity contribution >= 4 is 17.5 Å². The number of primary amides is 1. The molecule has 0 spiro atoms. The fourth-order valence-corrected chi connectivity index (χ4v) is 2.02. The van der Waals surface area contributed by atoms with Crippen LogP contribution in [0.1, 0.15) is 15.9 Å². The quantitative estimate of drug-likeness (QED) is 0.732. The van der Waals surface area contributed by atoms with Crippen LogP contribution in [0.3, 0.4) is 0 Å². The molecule has 1 heterocycles. The summed E-state index contributed by atoms with van der Waals surface area (Å²) in [5.74, 6) is -2.22. The molecule has 5 N–H and O–H groups in total. The summed E-state index contributed by atoms with van der Waals surface area (Å²) >= 11 is 0. The molecule has 2 unspecified atom stereocenters. The second-order valence-electron chi connectivity index (χ2n) is 4.79. The molecule has 108 valence electrons. The topological polar surface area (TPSA) is 107 Å². The summed E-state index contributed by atoms with van der Waals surface area (Å²) in [6, 6.07) is 2.00. The third-order valence-electron chi connectivity index (χ3n) is 3.35. The van der Waals surface area contributed by atoms with E-state index in [9.17, 15) is 14.0 Å². The number of carbonyl (C=O) groups is 2. The average molecular weight is 281 g/mol. The van der Waals surface area contributed by atoms with Crippen molar-refractivity contribution in [2.45, 2.75) is 13.0 Å². The Morgan fingerprint density at radius 1 is 1.40 bits per heavy atom. The minimum absolute atomic E-state index is 0.00429. The number of anilines is 1. The highest BCUT2D eigenvalue weighted by atomic mass is 19.1. The number of hydrogen-bond donors (Lipinski definition) is 3.